The van der Waals surface area contributed by atoms with Crippen LogP contribution >= 0.6 is 11.3 Å². The van der Waals surface area contributed by atoms with Gasteiger partial charge in [-0.1, -0.05) is 6.92 Å². The highest BCUT2D eigenvalue weighted by molar-refractivity contribution is 7.14. The van der Waals surface area contributed by atoms with E-state index in [2.05, 4.69) is 31.0 Å². The number of nitrogens with zero attached hydrogens (tertiary/aromatic N) is 1. The molecule has 1 aromatic rings. The molecule has 0 unspecified atom stereocenters. The minimum absolute atomic E-state index is 0.0374. The van der Waals surface area contributed by atoms with Crippen molar-refractivity contribution in [2.24, 2.45) is 0 Å². The molecule has 20 heavy (non-hydrogen) atoms. The summed E-state index contributed by atoms with van der Waals surface area (Å²) < 4.78 is 5.38. The van der Waals surface area contributed by atoms with Gasteiger partial charge in [-0.05, 0) is 32.4 Å². The lowest BCUT2D eigenvalue weighted by molar-refractivity contribution is -0.00922. The molecule has 1 fully saturated rings. The van der Waals surface area contributed by atoms with Crippen LogP contribution in [0.25, 0.3) is 0 Å². The van der Waals surface area contributed by atoms with E-state index >= 15 is 0 Å². The molecule has 2 rings (SSSR count). The van der Waals surface area contributed by atoms with Crippen molar-refractivity contribution in [1.29, 1.82) is 0 Å². The molecule has 0 bridgehead atoms. The van der Waals surface area contributed by atoms with Gasteiger partial charge in [0.15, 0.2) is 0 Å². The molecule has 0 radical (unpaired) electrons. The van der Waals surface area contributed by atoms with Gasteiger partial charge in [0.1, 0.15) is 0 Å². The number of amides is 1. The van der Waals surface area contributed by atoms with E-state index < -0.39 is 0 Å². The van der Waals surface area contributed by atoms with Crippen LogP contribution in [0.2, 0.25) is 0 Å². The summed E-state index contributed by atoms with van der Waals surface area (Å²) in [6, 6.07) is 3.95. The number of hydrogen-bond donors (Lipinski definition) is 1. The van der Waals surface area contributed by atoms with E-state index in [1.807, 2.05) is 12.1 Å². The van der Waals surface area contributed by atoms with Crippen molar-refractivity contribution in [2.45, 2.75) is 32.7 Å². The summed E-state index contributed by atoms with van der Waals surface area (Å²) in [5.41, 5.74) is -0.0374. The lowest BCUT2D eigenvalue weighted by Gasteiger charge is -2.40. The van der Waals surface area contributed by atoms with Crippen LogP contribution in [0.4, 0.5) is 0 Å². The molecule has 1 N–H and O–H groups in total. The Morgan fingerprint density at radius 2 is 2.10 bits per heavy atom. The Morgan fingerprint density at radius 3 is 2.70 bits per heavy atom. The summed E-state index contributed by atoms with van der Waals surface area (Å²) in [4.78, 5) is 16.6. The molecule has 1 aromatic heterocycles. The Labute approximate surface area is 125 Å². The number of carbonyl (C=O) groups is 1. The van der Waals surface area contributed by atoms with Gasteiger partial charge in [-0.3, -0.25) is 9.69 Å². The maximum atomic E-state index is 12.2. The Balaban J connectivity index is 1.88. The van der Waals surface area contributed by atoms with Gasteiger partial charge in [0.25, 0.3) is 5.91 Å². The zero-order valence-corrected chi connectivity index (χ0v) is 13.4. The highest BCUT2D eigenvalue weighted by atomic mass is 32.1. The molecule has 1 aliphatic rings. The summed E-state index contributed by atoms with van der Waals surface area (Å²) in [7, 11) is 0. The molecule has 0 aromatic carbocycles. The highest BCUT2D eigenvalue weighted by Gasteiger charge is 2.28. The van der Waals surface area contributed by atoms with E-state index in [0.717, 1.165) is 37.6 Å². The molecule has 0 saturated carbocycles. The second-order valence-corrected chi connectivity index (χ2v) is 6.88. The number of hydrogen-bond acceptors (Lipinski definition) is 4. The van der Waals surface area contributed by atoms with Crippen LogP contribution < -0.4 is 5.32 Å². The molecule has 0 aliphatic carbocycles. The Hall–Kier alpha value is -0.910. The molecule has 1 amide bonds. The maximum Gasteiger partial charge on any atom is 0.261 e. The first-order valence-electron chi connectivity index (χ1n) is 7.22. The largest absolute Gasteiger partial charge is 0.379 e. The Bertz CT molecular complexity index is 450. The van der Waals surface area contributed by atoms with Gasteiger partial charge in [0, 0.05) is 30.1 Å². The van der Waals surface area contributed by atoms with Crippen molar-refractivity contribution in [1.82, 2.24) is 10.2 Å². The van der Waals surface area contributed by atoms with Crippen LogP contribution in [-0.2, 0) is 11.2 Å². The maximum absolute atomic E-state index is 12.2. The Kier molecular flexibility index (Phi) is 5.18. The first kappa shape index (κ1) is 15.5. The summed E-state index contributed by atoms with van der Waals surface area (Å²) in [5, 5.41) is 3.06. The normalized spacial score (nSPS) is 17.1. The van der Waals surface area contributed by atoms with E-state index in [1.54, 1.807) is 11.3 Å². The standard InChI is InChI=1S/C15H24N2O2S/c1-4-12-5-6-13(20-12)14(18)16-11-15(2,3)17-7-9-19-10-8-17/h5-6H,4,7-11H2,1-3H3,(H,16,18). The first-order chi connectivity index (χ1) is 9.53. The van der Waals surface area contributed by atoms with Crippen LogP contribution in [0.3, 0.4) is 0 Å². The van der Waals surface area contributed by atoms with Crippen LogP contribution in [0.1, 0.15) is 35.3 Å². The molecular weight excluding hydrogens is 272 g/mol. The van der Waals surface area contributed by atoms with Gasteiger partial charge in [-0.15, -0.1) is 11.3 Å². The predicted octanol–water partition coefficient (Wildman–Crippen LogP) is 2.15. The van der Waals surface area contributed by atoms with E-state index in [9.17, 15) is 4.79 Å². The zero-order valence-electron chi connectivity index (χ0n) is 12.6. The lowest BCUT2D eigenvalue weighted by Crippen LogP contribution is -2.55. The topological polar surface area (TPSA) is 41.6 Å². The fraction of sp³-hybridized carbons (Fsp3) is 0.667. The zero-order chi connectivity index (χ0) is 14.6. The number of aryl methyl sites for hydroxylation is 1. The Morgan fingerprint density at radius 1 is 1.40 bits per heavy atom. The summed E-state index contributed by atoms with van der Waals surface area (Å²) in [5.74, 6) is 0.0380. The van der Waals surface area contributed by atoms with Gasteiger partial charge >= 0.3 is 0 Å². The third-order valence-electron chi connectivity index (χ3n) is 3.78. The lowest BCUT2D eigenvalue weighted by atomic mass is 10.0. The minimum atomic E-state index is -0.0374. The number of morpholine rings is 1. The fourth-order valence-corrected chi connectivity index (χ4v) is 3.22. The summed E-state index contributed by atoms with van der Waals surface area (Å²) in [6.07, 6.45) is 0.983. The smallest absolute Gasteiger partial charge is 0.261 e. The summed E-state index contributed by atoms with van der Waals surface area (Å²) >= 11 is 1.58. The molecule has 0 spiro atoms. The van der Waals surface area contributed by atoms with Crippen LogP contribution in [-0.4, -0.2) is 49.2 Å². The van der Waals surface area contributed by atoms with E-state index in [0.29, 0.717) is 6.54 Å². The number of carbonyl (C=O) groups excluding carboxylic acids is 1. The third-order valence-corrected chi connectivity index (χ3v) is 5.01. The first-order valence-corrected chi connectivity index (χ1v) is 8.04. The number of rotatable bonds is 5. The van der Waals surface area contributed by atoms with Gasteiger partial charge in [0.05, 0.1) is 18.1 Å². The molecule has 4 nitrogen and oxygen atoms in total. The molecule has 112 valence electrons. The second-order valence-electron chi connectivity index (χ2n) is 5.71. The molecule has 0 atom stereocenters. The van der Waals surface area contributed by atoms with E-state index in [1.165, 1.54) is 4.88 Å². The van der Waals surface area contributed by atoms with Crippen LogP contribution in [0, 0.1) is 0 Å². The molecule has 2 heterocycles. The van der Waals surface area contributed by atoms with Gasteiger partial charge in [0.2, 0.25) is 0 Å². The van der Waals surface area contributed by atoms with Crippen LogP contribution in [0.5, 0.6) is 0 Å². The molecule has 1 aliphatic heterocycles. The highest BCUT2D eigenvalue weighted by Crippen LogP contribution is 2.18. The van der Waals surface area contributed by atoms with Crippen molar-refractivity contribution in [2.75, 3.05) is 32.8 Å². The van der Waals surface area contributed by atoms with E-state index in [-0.39, 0.29) is 11.4 Å². The van der Waals surface area contributed by atoms with Gasteiger partial charge in [-0.2, -0.15) is 0 Å². The number of ether oxygens (including phenoxy) is 1. The molecular formula is C15H24N2O2S. The van der Waals surface area contributed by atoms with Crippen molar-refractivity contribution < 1.29 is 9.53 Å². The average Bonchev–Trinajstić information content (AvgIpc) is 2.95. The minimum Gasteiger partial charge on any atom is -0.379 e. The number of nitrogens with one attached hydrogen (secondary N) is 1. The predicted molar refractivity (Wildman–Crippen MR) is 82.5 cm³/mol. The van der Waals surface area contributed by atoms with Crippen molar-refractivity contribution in [3.63, 3.8) is 0 Å². The third kappa shape index (κ3) is 3.81. The quantitative estimate of drug-likeness (QED) is 0.905. The second kappa shape index (κ2) is 6.70. The fourth-order valence-electron chi connectivity index (χ4n) is 2.35. The molecule has 1 saturated heterocycles. The monoisotopic (exact) mass is 296 g/mol. The SMILES string of the molecule is CCc1ccc(C(=O)NCC(C)(C)N2CCOCC2)s1. The average molecular weight is 296 g/mol. The van der Waals surface area contributed by atoms with E-state index in [4.69, 9.17) is 4.74 Å². The summed E-state index contributed by atoms with van der Waals surface area (Å²) in [6.45, 7) is 10.5. The number of thiophene rings is 1. The van der Waals surface area contributed by atoms with Crippen molar-refractivity contribution in [3.8, 4) is 0 Å². The van der Waals surface area contributed by atoms with Crippen molar-refractivity contribution >= 4 is 17.2 Å². The van der Waals surface area contributed by atoms with Gasteiger partial charge < -0.3 is 10.1 Å². The van der Waals surface area contributed by atoms with Gasteiger partial charge in [-0.25, -0.2) is 0 Å². The van der Waals surface area contributed by atoms with Crippen molar-refractivity contribution in [3.05, 3.63) is 21.9 Å². The van der Waals surface area contributed by atoms with Crippen LogP contribution in [0.15, 0.2) is 12.1 Å². The molecule has 5 heteroatoms.